The SMILES string of the molecule is Cn1cc(C(F)(F)F)nc1C1CCCN(C(=O)c2ccn[nH]2)C1. The van der Waals surface area contributed by atoms with Crippen LogP contribution in [0.15, 0.2) is 18.5 Å². The second-order valence-corrected chi connectivity index (χ2v) is 5.65. The summed E-state index contributed by atoms with van der Waals surface area (Å²) in [5.74, 6) is -0.0476. The van der Waals surface area contributed by atoms with Crippen LogP contribution in [0.4, 0.5) is 13.2 Å². The fourth-order valence-electron chi connectivity index (χ4n) is 2.91. The number of aryl methyl sites for hydroxylation is 1. The van der Waals surface area contributed by atoms with Crippen molar-refractivity contribution in [2.45, 2.75) is 24.9 Å². The number of aromatic nitrogens is 4. The van der Waals surface area contributed by atoms with Crippen molar-refractivity contribution < 1.29 is 18.0 Å². The van der Waals surface area contributed by atoms with Crippen molar-refractivity contribution >= 4 is 5.91 Å². The lowest BCUT2D eigenvalue weighted by Gasteiger charge is -2.32. The number of amides is 1. The number of carbonyl (C=O) groups is 1. The van der Waals surface area contributed by atoms with Gasteiger partial charge in [-0.2, -0.15) is 18.3 Å². The lowest BCUT2D eigenvalue weighted by Crippen LogP contribution is -2.39. The third kappa shape index (κ3) is 3.08. The van der Waals surface area contributed by atoms with Crippen LogP contribution < -0.4 is 0 Å². The first kappa shape index (κ1) is 15.6. The zero-order chi connectivity index (χ0) is 16.6. The van der Waals surface area contributed by atoms with E-state index in [2.05, 4.69) is 15.2 Å². The summed E-state index contributed by atoms with van der Waals surface area (Å²) in [5.41, 5.74) is -0.520. The molecule has 3 heterocycles. The van der Waals surface area contributed by atoms with Crippen LogP contribution >= 0.6 is 0 Å². The van der Waals surface area contributed by atoms with E-state index in [-0.39, 0.29) is 11.8 Å². The highest BCUT2D eigenvalue weighted by atomic mass is 19.4. The second kappa shape index (κ2) is 5.71. The first-order valence-electron chi connectivity index (χ1n) is 7.25. The van der Waals surface area contributed by atoms with Gasteiger partial charge in [0.2, 0.25) is 0 Å². The molecule has 1 N–H and O–H groups in total. The first-order valence-corrected chi connectivity index (χ1v) is 7.25. The maximum atomic E-state index is 12.8. The van der Waals surface area contributed by atoms with Crippen molar-refractivity contribution in [3.05, 3.63) is 35.7 Å². The fourth-order valence-corrected chi connectivity index (χ4v) is 2.91. The summed E-state index contributed by atoms with van der Waals surface area (Å²) < 4.78 is 39.8. The number of H-pyrrole nitrogens is 1. The lowest BCUT2D eigenvalue weighted by molar-refractivity contribution is -0.141. The van der Waals surface area contributed by atoms with Gasteiger partial charge in [-0.05, 0) is 18.9 Å². The van der Waals surface area contributed by atoms with Gasteiger partial charge in [0.1, 0.15) is 11.5 Å². The summed E-state index contributed by atoms with van der Waals surface area (Å²) in [4.78, 5) is 17.7. The van der Waals surface area contributed by atoms with E-state index < -0.39 is 11.9 Å². The van der Waals surface area contributed by atoms with Crippen molar-refractivity contribution in [3.63, 3.8) is 0 Å². The number of aromatic amines is 1. The van der Waals surface area contributed by atoms with E-state index in [9.17, 15) is 18.0 Å². The van der Waals surface area contributed by atoms with Gasteiger partial charge in [0, 0.05) is 38.4 Å². The van der Waals surface area contributed by atoms with Gasteiger partial charge in [-0.15, -0.1) is 0 Å². The molecule has 1 fully saturated rings. The van der Waals surface area contributed by atoms with Crippen molar-refractivity contribution in [1.29, 1.82) is 0 Å². The van der Waals surface area contributed by atoms with Crippen LogP contribution in [0.2, 0.25) is 0 Å². The summed E-state index contributed by atoms with van der Waals surface area (Å²) >= 11 is 0. The highest BCUT2D eigenvalue weighted by Crippen LogP contribution is 2.32. The summed E-state index contributed by atoms with van der Waals surface area (Å²) in [6.45, 7) is 0.922. The molecule has 1 amide bonds. The Bertz CT molecular complexity index is 692. The summed E-state index contributed by atoms with van der Waals surface area (Å²) in [6.07, 6.45) is -0.558. The van der Waals surface area contributed by atoms with E-state index in [1.54, 1.807) is 18.0 Å². The van der Waals surface area contributed by atoms with E-state index in [0.717, 1.165) is 12.6 Å². The molecule has 124 valence electrons. The van der Waals surface area contributed by atoms with E-state index in [1.165, 1.54) is 10.8 Å². The Morgan fingerprint density at radius 3 is 2.83 bits per heavy atom. The predicted molar refractivity (Wildman–Crippen MR) is 74.7 cm³/mol. The molecule has 2 aromatic heterocycles. The highest BCUT2D eigenvalue weighted by Gasteiger charge is 2.36. The normalized spacial score (nSPS) is 19.1. The summed E-state index contributed by atoms with van der Waals surface area (Å²) in [5, 5.41) is 6.36. The van der Waals surface area contributed by atoms with Crippen LogP contribution in [0, 0.1) is 0 Å². The molecule has 0 radical (unpaired) electrons. The standard InChI is InChI=1S/C14H16F3N5O/c1-21-8-11(14(15,16)17)19-12(21)9-3-2-6-22(7-9)13(23)10-4-5-18-20-10/h4-5,8-9H,2-3,6-7H2,1H3,(H,18,20). The van der Waals surface area contributed by atoms with Crippen molar-refractivity contribution in [1.82, 2.24) is 24.6 Å². The lowest BCUT2D eigenvalue weighted by atomic mass is 9.97. The minimum Gasteiger partial charge on any atom is -0.337 e. The number of imidazole rings is 1. The smallest absolute Gasteiger partial charge is 0.337 e. The van der Waals surface area contributed by atoms with Gasteiger partial charge in [0.25, 0.3) is 5.91 Å². The topological polar surface area (TPSA) is 66.8 Å². The molecular weight excluding hydrogens is 311 g/mol. The van der Waals surface area contributed by atoms with Crippen LogP contribution in [0.3, 0.4) is 0 Å². The molecule has 9 heteroatoms. The molecule has 0 aromatic carbocycles. The van der Waals surface area contributed by atoms with Gasteiger partial charge < -0.3 is 9.47 Å². The monoisotopic (exact) mass is 327 g/mol. The van der Waals surface area contributed by atoms with Crippen LogP contribution in [0.1, 0.15) is 40.8 Å². The van der Waals surface area contributed by atoms with Gasteiger partial charge in [-0.1, -0.05) is 0 Å². The summed E-state index contributed by atoms with van der Waals surface area (Å²) in [7, 11) is 1.55. The minimum atomic E-state index is -4.46. The van der Waals surface area contributed by atoms with Crippen LogP contribution in [0.5, 0.6) is 0 Å². The molecule has 1 aliphatic heterocycles. The van der Waals surface area contributed by atoms with E-state index in [1.807, 2.05) is 0 Å². The number of carbonyl (C=O) groups excluding carboxylic acids is 1. The molecule has 0 spiro atoms. The number of halogens is 3. The van der Waals surface area contributed by atoms with Crippen molar-refractivity contribution in [3.8, 4) is 0 Å². The number of piperidine rings is 1. The molecule has 3 rings (SSSR count). The predicted octanol–water partition coefficient (Wildman–Crippen LogP) is 2.18. The Kier molecular flexibility index (Phi) is 3.87. The Hall–Kier alpha value is -2.32. The molecule has 1 aliphatic rings. The van der Waals surface area contributed by atoms with Gasteiger partial charge in [0.15, 0.2) is 5.69 Å². The van der Waals surface area contributed by atoms with Gasteiger partial charge in [-0.25, -0.2) is 4.98 Å². The third-order valence-corrected chi connectivity index (χ3v) is 4.01. The van der Waals surface area contributed by atoms with Crippen molar-refractivity contribution in [2.75, 3.05) is 13.1 Å². The van der Waals surface area contributed by atoms with Gasteiger partial charge >= 0.3 is 6.18 Å². The quantitative estimate of drug-likeness (QED) is 0.919. The zero-order valence-electron chi connectivity index (χ0n) is 12.5. The number of nitrogens with zero attached hydrogens (tertiary/aromatic N) is 4. The van der Waals surface area contributed by atoms with E-state index >= 15 is 0 Å². The molecule has 1 unspecified atom stereocenters. The molecule has 23 heavy (non-hydrogen) atoms. The number of alkyl halides is 3. The number of nitrogens with one attached hydrogen (secondary N) is 1. The average molecular weight is 327 g/mol. The zero-order valence-corrected chi connectivity index (χ0v) is 12.5. The number of likely N-dealkylation sites (tertiary alicyclic amines) is 1. The maximum absolute atomic E-state index is 12.8. The average Bonchev–Trinajstić information content (AvgIpc) is 3.15. The molecule has 0 saturated carbocycles. The van der Waals surface area contributed by atoms with Crippen LogP contribution in [-0.4, -0.2) is 43.6 Å². The largest absolute Gasteiger partial charge is 0.434 e. The number of hydrogen-bond donors (Lipinski definition) is 1. The Morgan fingerprint density at radius 2 is 2.22 bits per heavy atom. The molecule has 0 aliphatic carbocycles. The third-order valence-electron chi connectivity index (χ3n) is 4.01. The molecule has 2 aromatic rings. The van der Waals surface area contributed by atoms with Crippen LogP contribution in [0.25, 0.3) is 0 Å². The minimum absolute atomic E-state index is 0.197. The highest BCUT2D eigenvalue weighted by molar-refractivity contribution is 5.92. The fraction of sp³-hybridized carbons (Fsp3) is 0.500. The molecule has 0 bridgehead atoms. The molecule has 1 saturated heterocycles. The second-order valence-electron chi connectivity index (χ2n) is 5.65. The Balaban J connectivity index is 1.79. The van der Waals surface area contributed by atoms with Crippen LogP contribution in [-0.2, 0) is 13.2 Å². The molecular formula is C14H16F3N5O. The molecule has 6 nitrogen and oxygen atoms in total. The van der Waals surface area contributed by atoms with Gasteiger partial charge in [-0.3, -0.25) is 9.89 Å². The maximum Gasteiger partial charge on any atom is 0.434 e. The summed E-state index contributed by atoms with van der Waals surface area (Å²) in [6, 6.07) is 1.58. The van der Waals surface area contributed by atoms with Gasteiger partial charge in [0.05, 0.1) is 0 Å². The first-order chi connectivity index (χ1) is 10.9. The van der Waals surface area contributed by atoms with E-state index in [4.69, 9.17) is 0 Å². The van der Waals surface area contributed by atoms with E-state index in [0.29, 0.717) is 31.0 Å². The Morgan fingerprint density at radius 1 is 1.43 bits per heavy atom. The molecule has 1 atom stereocenters. The van der Waals surface area contributed by atoms with Crippen molar-refractivity contribution in [2.24, 2.45) is 7.05 Å². The number of rotatable bonds is 2. The Labute approximate surface area is 130 Å². The number of hydrogen-bond acceptors (Lipinski definition) is 3.